The molecule has 1 aliphatic heterocycles. The smallest absolute Gasteiger partial charge is 0.308 e. The summed E-state index contributed by atoms with van der Waals surface area (Å²) in [5, 5.41) is 8.77. The van der Waals surface area contributed by atoms with E-state index < -0.39 is 16.0 Å². The van der Waals surface area contributed by atoms with E-state index in [1.165, 1.54) is 10.4 Å². The number of nitrogens with zero attached hydrogens (tertiary/aromatic N) is 1. The summed E-state index contributed by atoms with van der Waals surface area (Å²) in [7, 11) is -3.49. The van der Waals surface area contributed by atoms with Crippen molar-refractivity contribution in [2.75, 3.05) is 13.1 Å². The molecule has 0 bridgehead atoms. The number of aliphatic carboxylic acids is 1. The average Bonchev–Trinajstić information content (AvgIpc) is 2.73. The summed E-state index contributed by atoms with van der Waals surface area (Å²) in [6, 6.07) is 3.11. The van der Waals surface area contributed by atoms with Crippen LogP contribution in [0.15, 0.2) is 16.3 Å². The van der Waals surface area contributed by atoms with E-state index >= 15 is 0 Å². The minimum atomic E-state index is -3.49. The molecule has 0 aliphatic carbocycles. The van der Waals surface area contributed by atoms with Gasteiger partial charge in [0, 0.05) is 18.0 Å². The zero-order valence-electron chi connectivity index (χ0n) is 12.3. The van der Waals surface area contributed by atoms with E-state index in [9.17, 15) is 13.2 Å². The third-order valence-electron chi connectivity index (χ3n) is 3.86. The zero-order valence-corrected chi connectivity index (χ0v) is 14.0. The van der Waals surface area contributed by atoms with Gasteiger partial charge in [0.1, 0.15) is 4.21 Å². The lowest BCUT2D eigenvalue weighted by Crippen LogP contribution is -2.32. The highest BCUT2D eigenvalue weighted by Gasteiger charge is 2.31. The van der Waals surface area contributed by atoms with Gasteiger partial charge < -0.3 is 5.11 Å². The lowest BCUT2D eigenvalue weighted by atomic mass is 9.85. The Morgan fingerprint density at radius 2 is 2.05 bits per heavy atom. The third-order valence-corrected chi connectivity index (χ3v) is 7.31. The second-order valence-corrected chi connectivity index (χ2v) is 9.55. The molecular weight excluding hydrogens is 310 g/mol. The molecule has 1 aromatic rings. The SMILES string of the molecule is CC1(C)CCCN(S(=O)(=O)c2ccc(CC(=O)O)s2)CC1. The Morgan fingerprint density at radius 1 is 1.33 bits per heavy atom. The first-order chi connectivity index (χ1) is 9.71. The molecule has 0 aromatic carbocycles. The Labute approximate surface area is 129 Å². The summed E-state index contributed by atoms with van der Waals surface area (Å²) in [6.45, 7) is 5.40. The summed E-state index contributed by atoms with van der Waals surface area (Å²) in [5.74, 6) is -0.947. The molecule has 21 heavy (non-hydrogen) atoms. The summed E-state index contributed by atoms with van der Waals surface area (Å²) in [5.41, 5.74) is 0.175. The van der Waals surface area contributed by atoms with Crippen LogP contribution >= 0.6 is 11.3 Å². The molecule has 0 radical (unpaired) electrons. The maximum absolute atomic E-state index is 12.6. The number of carboxylic acids is 1. The molecule has 0 amide bonds. The van der Waals surface area contributed by atoms with Crippen LogP contribution in [0, 0.1) is 5.41 Å². The first kappa shape index (κ1) is 16.5. The van der Waals surface area contributed by atoms with E-state index in [0.29, 0.717) is 18.0 Å². The molecule has 1 fully saturated rings. The van der Waals surface area contributed by atoms with Crippen LogP contribution in [-0.2, 0) is 21.2 Å². The normalized spacial score (nSPS) is 20.1. The van der Waals surface area contributed by atoms with Crippen LogP contribution in [-0.4, -0.2) is 36.9 Å². The van der Waals surface area contributed by atoms with Crippen molar-refractivity contribution in [3.63, 3.8) is 0 Å². The van der Waals surface area contributed by atoms with Crippen LogP contribution in [0.3, 0.4) is 0 Å². The van der Waals surface area contributed by atoms with Crippen LogP contribution in [0.25, 0.3) is 0 Å². The number of hydrogen-bond donors (Lipinski definition) is 1. The van der Waals surface area contributed by atoms with Crippen molar-refractivity contribution in [2.24, 2.45) is 5.41 Å². The first-order valence-electron chi connectivity index (χ1n) is 7.01. The fourth-order valence-corrected chi connectivity index (χ4v) is 5.49. The molecular formula is C14H21NO4S2. The van der Waals surface area contributed by atoms with Gasteiger partial charge in [-0.1, -0.05) is 13.8 Å². The molecule has 5 nitrogen and oxygen atoms in total. The molecule has 1 saturated heterocycles. The molecule has 2 heterocycles. The van der Waals surface area contributed by atoms with Gasteiger partial charge in [-0.25, -0.2) is 8.42 Å². The van der Waals surface area contributed by atoms with E-state index in [1.54, 1.807) is 6.07 Å². The summed E-state index contributed by atoms with van der Waals surface area (Å²) in [6.07, 6.45) is 2.60. The van der Waals surface area contributed by atoms with Gasteiger partial charge in [0.15, 0.2) is 0 Å². The summed E-state index contributed by atoms with van der Waals surface area (Å²) in [4.78, 5) is 11.3. The fourth-order valence-electron chi connectivity index (χ4n) is 2.51. The van der Waals surface area contributed by atoms with Gasteiger partial charge in [-0.15, -0.1) is 11.3 Å². The molecule has 118 valence electrons. The Morgan fingerprint density at radius 3 is 2.71 bits per heavy atom. The van der Waals surface area contributed by atoms with Gasteiger partial charge in [-0.2, -0.15) is 4.31 Å². The van der Waals surface area contributed by atoms with E-state index in [2.05, 4.69) is 13.8 Å². The van der Waals surface area contributed by atoms with Gasteiger partial charge in [0.25, 0.3) is 10.0 Å². The third kappa shape index (κ3) is 4.05. The van der Waals surface area contributed by atoms with E-state index in [4.69, 9.17) is 5.11 Å². The molecule has 1 N–H and O–H groups in total. The summed E-state index contributed by atoms with van der Waals surface area (Å²) >= 11 is 1.06. The number of rotatable bonds is 4. The zero-order chi connectivity index (χ0) is 15.7. The average molecular weight is 331 g/mol. The number of hydrogen-bond acceptors (Lipinski definition) is 4. The van der Waals surface area contributed by atoms with Gasteiger partial charge in [-0.3, -0.25) is 4.79 Å². The van der Waals surface area contributed by atoms with Crippen molar-refractivity contribution in [2.45, 2.75) is 43.7 Å². The molecule has 0 atom stereocenters. The van der Waals surface area contributed by atoms with E-state index in [-0.39, 0.29) is 16.0 Å². The Kier molecular flexibility index (Phi) is 4.75. The maximum Gasteiger partial charge on any atom is 0.308 e. The monoisotopic (exact) mass is 331 g/mol. The molecule has 2 rings (SSSR count). The topological polar surface area (TPSA) is 74.7 Å². The fraction of sp³-hybridized carbons (Fsp3) is 0.643. The predicted molar refractivity (Wildman–Crippen MR) is 82.0 cm³/mol. The Bertz CT molecular complexity index is 619. The van der Waals surface area contributed by atoms with Crippen LogP contribution < -0.4 is 0 Å². The maximum atomic E-state index is 12.6. The van der Waals surface area contributed by atoms with E-state index in [0.717, 1.165) is 30.6 Å². The van der Waals surface area contributed by atoms with Crippen molar-refractivity contribution in [3.8, 4) is 0 Å². The standard InChI is InChI=1S/C14H21NO4S2/c1-14(2)6-3-8-15(9-7-14)21(18,19)13-5-4-11(20-13)10-12(16)17/h4-5H,3,6-10H2,1-2H3,(H,16,17). The predicted octanol–water partition coefficient (Wildman–Crippen LogP) is 2.58. The highest BCUT2D eigenvalue weighted by atomic mass is 32.2. The number of thiophene rings is 1. The molecule has 0 unspecified atom stereocenters. The molecule has 1 aliphatic rings. The van der Waals surface area contributed by atoms with Crippen LogP contribution in [0.5, 0.6) is 0 Å². The highest BCUT2D eigenvalue weighted by molar-refractivity contribution is 7.91. The minimum Gasteiger partial charge on any atom is -0.481 e. The van der Waals surface area contributed by atoms with Gasteiger partial charge in [-0.05, 0) is 36.8 Å². The van der Waals surface area contributed by atoms with Crippen molar-refractivity contribution in [3.05, 3.63) is 17.0 Å². The lowest BCUT2D eigenvalue weighted by molar-refractivity contribution is -0.136. The highest BCUT2D eigenvalue weighted by Crippen LogP contribution is 2.33. The Balaban J connectivity index is 2.17. The van der Waals surface area contributed by atoms with Crippen molar-refractivity contribution < 1.29 is 18.3 Å². The Hall–Kier alpha value is -0.920. The van der Waals surface area contributed by atoms with Gasteiger partial charge in [0.05, 0.1) is 6.42 Å². The van der Waals surface area contributed by atoms with E-state index in [1.807, 2.05) is 0 Å². The number of carbonyl (C=O) groups is 1. The second-order valence-electron chi connectivity index (χ2n) is 6.21. The van der Waals surface area contributed by atoms with Crippen LogP contribution in [0.4, 0.5) is 0 Å². The summed E-state index contributed by atoms with van der Waals surface area (Å²) < 4.78 is 27.1. The molecule has 1 aromatic heterocycles. The molecule has 7 heteroatoms. The quantitative estimate of drug-likeness (QED) is 0.920. The lowest BCUT2D eigenvalue weighted by Gasteiger charge is -2.22. The molecule has 0 saturated carbocycles. The first-order valence-corrected chi connectivity index (χ1v) is 9.27. The number of carboxylic acid groups (broad SMARTS) is 1. The minimum absolute atomic E-state index is 0.132. The molecule has 0 spiro atoms. The van der Waals surface area contributed by atoms with Crippen molar-refractivity contribution in [1.29, 1.82) is 0 Å². The largest absolute Gasteiger partial charge is 0.481 e. The van der Waals surface area contributed by atoms with Gasteiger partial charge >= 0.3 is 5.97 Å². The van der Waals surface area contributed by atoms with Crippen molar-refractivity contribution >= 4 is 27.3 Å². The number of sulfonamides is 1. The van der Waals surface area contributed by atoms with Crippen LogP contribution in [0.2, 0.25) is 0 Å². The van der Waals surface area contributed by atoms with Crippen molar-refractivity contribution in [1.82, 2.24) is 4.31 Å². The van der Waals surface area contributed by atoms with Gasteiger partial charge in [0.2, 0.25) is 0 Å². The second kappa shape index (κ2) is 6.06. The van der Waals surface area contributed by atoms with Crippen LogP contribution in [0.1, 0.15) is 38.0 Å².